The van der Waals surface area contributed by atoms with Gasteiger partial charge < -0.3 is 10.2 Å². The summed E-state index contributed by atoms with van der Waals surface area (Å²) < 4.78 is 0. The van der Waals surface area contributed by atoms with Crippen molar-refractivity contribution in [2.75, 3.05) is 26.2 Å². The molecule has 1 N–H and O–H groups in total. The van der Waals surface area contributed by atoms with Crippen molar-refractivity contribution < 1.29 is 4.79 Å². The van der Waals surface area contributed by atoms with Crippen LogP contribution in [0.4, 0.5) is 0 Å². The number of likely N-dealkylation sites (tertiary alicyclic amines) is 1. The number of hydrogen-bond donors (Lipinski definition) is 1. The van der Waals surface area contributed by atoms with Gasteiger partial charge in [0.25, 0.3) is 5.91 Å². The molecule has 1 aromatic rings. The normalized spacial score (nSPS) is 27.6. The summed E-state index contributed by atoms with van der Waals surface area (Å²) in [6.45, 7) is 4.02. The minimum atomic E-state index is 0. The van der Waals surface area contributed by atoms with Crippen LogP contribution < -0.4 is 5.32 Å². The Morgan fingerprint density at radius 3 is 2.17 bits per heavy atom. The first-order chi connectivity index (χ1) is 10.8. The number of nitrogens with zero attached hydrogens (tertiary/aromatic N) is 1. The molecule has 1 amide bonds. The predicted molar refractivity (Wildman–Crippen MR) is 95.3 cm³/mol. The van der Waals surface area contributed by atoms with E-state index < -0.39 is 0 Å². The molecule has 1 aliphatic carbocycles. The fourth-order valence-electron chi connectivity index (χ4n) is 4.54. The number of hydrogen-bond acceptors (Lipinski definition) is 2. The van der Waals surface area contributed by atoms with Gasteiger partial charge in [-0.2, -0.15) is 0 Å². The molecule has 2 atom stereocenters. The highest BCUT2D eigenvalue weighted by Gasteiger charge is 2.38. The van der Waals surface area contributed by atoms with Gasteiger partial charge in [0.05, 0.1) is 0 Å². The lowest BCUT2D eigenvalue weighted by Gasteiger charge is -2.22. The SMILES string of the molecule is Cl.O=C(c1ccc(C2CCCCC2)cc1)N1C[C@H]2CNC[C@H]2C1. The van der Waals surface area contributed by atoms with E-state index in [1.807, 2.05) is 0 Å². The van der Waals surface area contributed by atoms with Gasteiger partial charge in [0.2, 0.25) is 0 Å². The van der Waals surface area contributed by atoms with Gasteiger partial charge in [0, 0.05) is 31.7 Å². The monoisotopic (exact) mass is 334 g/mol. The van der Waals surface area contributed by atoms with Gasteiger partial charge >= 0.3 is 0 Å². The third-order valence-electron chi connectivity index (χ3n) is 5.91. The summed E-state index contributed by atoms with van der Waals surface area (Å²) in [6.07, 6.45) is 6.73. The molecule has 3 aliphatic rings. The number of rotatable bonds is 2. The average molecular weight is 335 g/mol. The second-order valence-electron chi connectivity index (χ2n) is 7.35. The van der Waals surface area contributed by atoms with E-state index in [1.165, 1.54) is 37.7 Å². The third kappa shape index (κ3) is 3.41. The Morgan fingerprint density at radius 1 is 0.957 bits per heavy atom. The summed E-state index contributed by atoms with van der Waals surface area (Å²) in [4.78, 5) is 14.7. The van der Waals surface area contributed by atoms with Gasteiger partial charge in [-0.15, -0.1) is 12.4 Å². The first-order valence-corrected chi connectivity index (χ1v) is 8.91. The topological polar surface area (TPSA) is 32.3 Å². The molecular formula is C19H27ClN2O. The van der Waals surface area contributed by atoms with Crippen LogP contribution in [-0.4, -0.2) is 37.0 Å². The summed E-state index contributed by atoms with van der Waals surface area (Å²) in [5.41, 5.74) is 2.30. The number of benzene rings is 1. The fraction of sp³-hybridized carbons (Fsp3) is 0.632. The standard InChI is InChI=1S/C19H26N2O.ClH/c22-19(21-12-17-10-20-11-18(17)13-21)16-8-6-15(7-9-16)14-4-2-1-3-5-14;/h6-9,14,17-18,20H,1-5,10-13H2;1H/t17-,18+;. The first-order valence-electron chi connectivity index (χ1n) is 8.91. The van der Waals surface area contributed by atoms with Crippen LogP contribution in [0.25, 0.3) is 0 Å². The molecule has 1 aromatic carbocycles. The Kier molecular flexibility index (Phi) is 5.27. The van der Waals surface area contributed by atoms with Crippen molar-refractivity contribution >= 4 is 18.3 Å². The number of nitrogens with one attached hydrogen (secondary N) is 1. The molecule has 3 fully saturated rings. The summed E-state index contributed by atoms with van der Waals surface area (Å²) in [5, 5.41) is 3.43. The van der Waals surface area contributed by atoms with E-state index in [1.54, 1.807) is 0 Å². The molecule has 0 bridgehead atoms. The van der Waals surface area contributed by atoms with Gasteiger partial charge in [-0.05, 0) is 48.3 Å². The van der Waals surface area contributed by atoms with E-state index in [-0.39, 0.29) is 18.3 Å². The molecule has 23 heavy (non-hydrogen) atoms. The van der Waals surface area contributed by atoms with Crippen molar-refractivity contribution in [1.82, 2.24) is 10.2 Å². The Hall–Kier alpha value is -1.06. The van der Waals surface area contributed by atoms with Crippen LogP contribution >= 0.6 is 12.4 Å². The quantitative estimate of drug-likeness (QED) is 0.898. The molecule has 4 rings (SSSR count). The fourth-order valence-corrected chi connectivity index (χ4v) is 4.54. The summed E-state index contributed by atoms with van der Waals surface area (Å²) in [6, 6.07) is 8.50. The van der Waals surface area contributed by atoms with Crippen LogP contribution in [0, 0.1) is 11.8 Å². The van der Waals surface area contributed by atoms with E-state index in [4.69, 9.17) is 0 Å². The lowest BCUT2D eigenvalue weighted by atomic mass is 9.84. The molecule has 1 saturated carbocycles. The van der Waals surface area contributed by atoms with Crippen molar-refractivity contribution in [3.63, 3.8) is 0 Å². The third-order valence-corrected chi connectivity index (χ3v) is 5.91. The smallest absolute Gasteiger partial charge is 0.253 e. The highest BCUT2D eigenvalue weighted by Crippen LogP contribution is 2.33. The zero-order valence-electron chi connectivity index (χ0n) is 13.7. The second-order valence-corrected chi connectivity index (χ2v) is 7.35. The molecule has 2 saturated heterocycles. The first kappa shape index (κ1) is 16.8. The van der Waals surface area contributed by atoms with E-state index >= 15 is 0 Å². The van der Waals surface area contributed by atoms with Crippen molar-refractivity contribution in [2.45, 2.75) is 38.0 Å². The Bertz CT molecular complexity index is 527. The maximum atomic E-state index is 12.7. The van der Waals surface area contributed by atoms with Crippen LogP contribution in [0.2, 0.25) is 0 Å². The Morgan fingerprint density at radius 2 is 1.57 bits per heavy atom. The van der Waals surface area contributed by atoms with Gasteiger partial charge in [-0.25, -0.2) is 0 Å². The molecule has 3 nitrogen and oxygen atoms in total. The van der Waals surface area contributed by atoms with Crippen molar-refractivity contribution in [1.29, 1.82) is 0 Å². The summed E-state index contributed by atoms with van der Waals surface area (Å²) in [5.74, 6) is 2.29. The highest BCUT2D eigenvalue weighted by atomic mass is 35.5. The van der Waals surface area contributed by atoms with Gasteiger partial charge in [-0.1, -0.05) is 31.4 Å². The van der Waals surface area contributed by atoms with Crippen LogP contribution in [0.15, 0.2) is 24.3 Å². The number of fused-ring (bicyclic) bond motifs is 1. The van der Waals surface area contributed by atoms with E-state index in [0.29, 0.717) is 11.8 Å². The van der Waals surface area contributed by atoms with Crippen LogP contribution in [0.1, 0.15) is 53.9 Å². The van der Waals surface area contributed by atoms with Crippen molar-refractivity contribution in [2.24, 2.45) is 11.8 Å². The predicted octanol–water partition coefficient (Wildman–Crippen LogP) is 3.45. The average Bonchev–Trinajstić information content (AvgIpc) is 3.17. The Balaban J connectivity index is 0.00000156. The van der Waals surface area contributed by atoms with Gasteiger partial charge in [-0.3, -0.25) is 4.79 Å². The number of carbonyl (C=O) groups is 1. The lowest BCUT2D eigenvalue weighted by molar-refractivity contribution is 0.0781. The van der Waals surface area contributed by atoms with Crippen LogP contribution in [-0.2, 0) is 0 Å². The molecule has 0 radical (unpaired) electrons. The minimum absolute atomic E-state index is 0. The largest absolute Gasteiger partial charge is 0.338 e. The molecule has 0 spiro atoms. The van der Waals surface area contributed by atoms with E-state index in [2.05, 4.69) is 34.5 Å². The van der Waals surface area contributed by atoms with Gasteiger partial charge in [0.1, 0.15) is 0 Å². The molecule has 2 aliphatic heterocycles. The van der Waals surface area contributed by atoms with Gasteiger partial charge in [0.15, 0.2) is 0 Å². The summed E-state index contributed by atoms with van der Waals surface area (Å²) in [7, 11) is 0. The molecule has 4 heteroatoms. The zero-order valence-corrected chi connectivity index (χ0v) is 14.5. The molecular weight excluding hydrogens is 308 g/mol. The summed E-state index contributed by atoms with van der Waals surface area (Å²) >= 11 is 0. The zero-order chi connectivity index (χ0) is 14.9. The van der Waals surface area contributed by atoms with Crippen molar-refractivity contribution in [3.05, 3.63) is 35.4 Å². The molecule has 0 aromatic heterocycles. The van der Waals surface area contributed by atoms with Crippen molar-refractivity contribution in [3.8, 4) is 0 Å². The highest BCUT2D eigenvalue weighted by molar-refractivity contribution is 5.94. The van der Waals surface area contributed by atoms with E-state index in [0.717, 1.165) is 37.7 Å². The Labute approximate surface area is 145 Å². The number of halogens is 1. The molecule has 0 unspecified atom stereocenters. The number of carbonyl (C=O) groups excluding carboxylic acids is 1. The molecule has 126 valence electrons. The van der Waals surface area contributed by atoms with E-state index in [9.17, 15) is 4.79 Å². The second kappa shape index (κ2) is 7.23. The maximum Gasteiger partial charge on any atom is 0.253 e. The lowest BCUT2D eigenvalue weighted by Crippen LogP contribution is -2.31. The van der Waals surface area contributed by atoms with Crippen LogP contribution in [0.3, 0.4) is 0 Å². The number of amides is 1. The molecule has 2 heterocycles. The maximum absolute atomic E-state index is 12.7. The minimum Gasteiger partial charge on any atom is -0.338 e. The van der Waals surface area contributed by atoms with Crippen LogP contribution in [0.5, 0.6) is 0 Å².